The summed E-state index contributed by atoms with van der Waals surface area (Å²) in [4.78, 5) is 0. The van der Waals surface area contributed by atoms with E-state index in [9.17, 15) is 5.11 Å². The molecule has 23 heavy (non-hydrogen) atoms. The highest BCUT2D eigenvalue weighted by molar-refractivity contribution is 6.62. The van der Waals surface area contributed by atoms with E-state index in [0.29, 0.717) is 0 Å². The molecule has 1 N–H and O–H groups in total. The Morgan fingerprint density at radius 1 is 0.826 bits per heavy atom. The van der Waals surface area contributed by atoms with Crippen molar-refractivity contribution in [3.05, 3.63) is 29.3 Å². The van der Waals surface area contributed by atoms with Crippen LogP contribution in [0.4, 0.5) is 0 Å². The van der Waals surface area contributed by atoms with Crippen molar-refractivity contribution >= 4 is 12.6 Å². The van der Waals surface area contributed by atoms with Crippen LogP contribution in [0.3, 0.4) is 0 Å². The minimum absolute atomic E-state index is 0.0142. The molecule has 1 aliphatic heterocycles. The molecule has 1 heterocycles. The quantitative estimate of drug-likeness (QED) is 0.848. The Hall–Kier alpha value is -0.835. The number of aliphatic hydroxyl groups is 1. The lowest BCUT2D eigenvalue weighted by atomic mass is 9.73. The Kier molecular flexibility index (Phi) is 4.29. The minimum Gasteiger partial charge on any atom is -0.399 e. The Morgan fingerprint density at radius 3 is 1.65 bits per heavy atom. The van der Waals surface area contributed by atoms with Gasteiger partial charge in [0.15, 0.2) is 0 Å². The smallest absolute Gasteiger partial charge is 0.399 e. The van der Waals surface area contributed by atoms with Crippen molar-refractivity contribution in [3.63, 3.8) is 0 Å². The lowest BCUT2D eigenvalue weighted by molar-refractivity contribution is 0.00578. The monoisotopic (exact) mass is 318 g/mol. The first-order chi connectivity index (χ1) is 10.1. The first-order valence-corrected chi connectivity index (χ1v) is 8.37. The Bertz CT molecular complexity index is 543. The van der Waals surface area contributed by atoms with Crippen molar-refractivity contribution in [2.75, 3.05) is 0 Å². The van der Waals surface area contributed by atoms with Gasteiger partial charge >= 0.3 is 7.12 Å². The van der Waals surface area contributed by atoms with Crippen molar-refractivity contribution in [2.24, 2.45) is 0 Å². The Balaban J connectivity index is 2.51. The summed E-state index contributed by atoms with van der Waals surface area (Å²) in [6, 6.07) is 6.21. The summed E-state index contributed by atoms with van der Waals surface area (Å²) >= 11 is 0. The van der Waals surface area contributed by atoms with Crippen LogP contribution < -0.4 is 5.46 Å². The van der Waals surface area contributed by atoms with Gasteiger partial charge in [0.25, 0.3) is 0 Å². The molecule has 128 valence electrons. The fourth-order valence-corrected chi connectivity index (χ4v) is 2.55. The molecule has 1 fully saturated rings. The van der Waals surface area contributed by atoms with E-state index < -0.39 is 12.7 Å². The minimum atomic E-state index is -0.903. The summed E-state index contributed by atoms with van der Waals surface area (Å²) in [5.74, 6) is 0. The molecule has 0 spiro atoms. The molecular formula is C19H31BO3. The molecule has 0 bridgehead atoms. The second kappa shape index (κ2) is 5.33. The second-order valence-corrected chi connectivity index (χ2v) is 9.24. The van der Waals surface area contributed by atoms with Gasteiger partial charge in [-0.25, -0.2) is 0 Å². The van der Waals surface area contributed by atoms with Gasteiger partial charge in [-0.1, -0.05) is 39.0 Å². The van der Waals surface area contributed by atoms with Crippen molar-refractivity contribution in [1.29, 1.82) is 0 Å². The second-order valence-electron chi connectivity index (χ2n) is 9.24. The average molecular weight is 318 g/mol. The third-order valence-electron chi connectivity index (χ3n) is 5.05. The first-order valence-electron chi connectivity index (χ1n) is 8.37. The highest BCUT2D eigenvalue weighted by Gasteiger charge is 2.52. The molecular weight excluding hydrogens is 287 g/mol. The van der Waals surface area contributed by atoms with E-state index >= 15 is 0 Å². The third-order valence-corrected chi connectivity index (χ3v) is 5.05. The molecule has 0 saturated carbocycles. The van der Waals surface area contributed by atoms with Crippen molar-refractivity contribution in [2.45, 2.75) is 84.5 Å². The summed E-state index contributed by atoms with van der Waals surface area (Å²) in [7, 11) is -0.414. The van der Waals surface area contributed by atoms with Gasteiger partial charge in [0.1, 0.15) is 0 Å². The fourth-order valence-electron chi connectivity index (χ4n) is 2.55. The van der Waals surface area contributed by atoms with Crippen molar-refractivity contribution < 1.29 is 14.4 Å². The molecule has 0 amide bonds. The summed E-state index contributed by atoms with van der Waals surface area (Å²) < 4.78 is 12.4. The molecule has 0 unspecified atom stereocenters. The normalized spacial score (nSPS) is 20.9. The van der Waals surface area contributed by atoms with Crippen molar-refractivity contribution in [1.82, 2.24) is 0 Å². The predicted octanol–water partition coefficient (Wildman–Crippen LogP) is 3.51. The molecule has 0 radical (unpaired) electrons. The highest BCUT2D eigenvalue weighted by Crippen LogP contribution is 2.37. The van der Waals surface area contributed by atoms with Gasteiger partial charge in [0.2, 0.25) is 0 Å². The molecule has 3 nitrogen and oxygen atoms in total. The van der Waals surface area contributed by atoms with E-state index in [0.717, 1.165) is 11.0 Å². The maximum Gasteiger partial charge on any atom is 0.494 e. The molecule has 1 aliphatic rings. The van der Waals surface area contributed by atoms with E-state index in [4.69, 9.17) is 9.31 Å². The van der Waals surface area contributed by atoms with E-state index in [1.54, 1.807) is 0 Å². The molecule has 0 atom stereocenters. The summed E-state index contributed by atoms with van der Waals surface area (Å²) in [6.07, 6.45) is 0. The topological polar surface area (TPSA) is 38.7 Å². The van der Waals surface area contributed by atoms with Gasteiger partial charge in [0.05, 0.1) is 16.8 Å². The lowest BCUT2D eigenvalue weighted by Gasteiger charge is -2.32. The maximum absolute atomic E-state index is 10.5. The maximum atomic E-state index is 10.5. The van der Waals surface area contributed by atoms with Gasteiger partial charge in [-0.3, -0.25) is 0 Å². The van der Waals surface area contributed by atoms with Gasteiger partial charge in [0, 0.05) is 0 Å². The van der Waals surface area contributed by atoms with E-state index in [2.05, 4.69) is 60.6 Å². The van der Waals surface area contributed by atoms with Crippen LogP contribution >= 0.6 is 0 Å². The van der Waals surface area contributed by atoms with Gasteiger partial charge in [-0.05, 0) is 63.5 Å². The molecule has 1 aromatic carbocycles. The van der Waals surface area contributed by atoms with Crippen LogP contribution in [0.15, 0.2) is 18.2 Å². The zero-order chi connectivity index (χ0) is 17.8. The number of rotatable bonds is 2. The summed E-state index contributed by atoms with van der Waals surface area (Å²) in [5, 5.41) is 10.5. The largest absolute Gasteiger partial charge is 0.494 e. The number of hydrogen-bond acceptors (Lipinski definition) is 3. The van der Waals surface area contributed by atoms with Crippen LogP contribution in [0.25, 0.3) is 0 Å². The standard InChI is InChI=1S/C19H31BO3/c1-16(2,3)13-10-14(17(4,5)21)12-15(11-13)20-22-18(6,7)19(8,9)23-20/h10-12,21H,1-9H3. The molecule has 4 heteroatoms. The SMILES string of the molecule is CC(C)(C)c1cc(B2OC(C)(C)C(C)(C)O2)cc(C(C)(C)O)c1. The number of hydrogen-bond donors (Lipinski definition) is 1. The summed E-state index contributed by atoms with van der Waals surface area (Å²) in [5.41, 5.74) is 1.36. The number of benzene rings is 1. The van der Waals surface area contributed by atoms with E-state index in [1.165, 1.54) is 5.56 Å². The summed E-state index contributed by atoms with van der Waals surface area (Å²) in [6.45, 7) is 18.3. The van der Waals surface area contributed by atoms with E-state index in [-0.39, 0.29) is 16.6 Å². The van der Waals surface area contributed by atoms with Crippen LogP contribution in [-0.4, -0.2) is 23.4 Å². The first kappa shape index (κ1) is 18.5. The third kappa shape index (κ3) is 3.65. The zero-order valence-corrected chi connectivity index (χ0v) is 16.1. The fraction of sp³-hybridized carbons (Fsp3) is 0.684. The van der Waals surface area contributed by atoms with E-state index in [1.807, 2.05) is 19.9 Å². The zero-order valence-electron chi connectivity index (χ0n) is 16.1. The van der Waals surface area contributed by atoms with Crippen LogP contribution in [0.1, 0.15) is 73.4 Å². The highest BCUT2D eigenvalue weighted by atomic mass is 16.7. The van der Waals surface area contributed by atoms with Crippen LogP contribution in [0, 0.1) is 0 Å². The molecule has 2 rings (SSSR count). The van der Waals surface area contributed by atoms with Crippen LogP contribution in [-0.2, 0) is 20.3 Å². The van der Waals surface area contributed by atoms with Gasteiger partial charge in [-0.2, -0.15) is 0 Å². The predicted molar refractivity (Wildman–Crippen MR) is 96.1 cm³/mol. The molecule has 0 aromatic heterocycles. The molecule has 1 saturated heterocycles. The van der Waals surface area contributed by atoms with Gasteiger partial charge in [-0.15, -0.1) is 0 Å². The van der Waals surface area contributed by atoms with Crippen LogP contribution in [0.5, 0.6) is 0 Å². The van der Waals surface area contributed by atoms with Crippen LogP contribution in [0.2, 0.25) is 0 Å². The molecule has 1 aromatic rings. The van der Waals surface area contributed by atoms with Gasteiger partial charge < -0.3 is 14.4 Å². The lowest BCUT2D eigenvalue weighted by Crippen LogP contribution is -2.41. The van der Waals surface area contributed by atoms with Crippen molar-refractivity contribution in [3.8, 4) is 0 Å². The molecule has 0 aliphatic carbocycles. The Morgan fingerprint density at radius 2 is 1.26 bits per heavy atom. The Labute approximate surface area is 141 Å². The average Bonchev–Trinajstić information content (AvgIpc) is 2.56.